The first-order valence-electron chi connectivity index (χ1n) is 8.97. The highest BCUT2D eigenvalue weighted by Gasteiger charge is 2.50. The number of rotatable bonds is 7. The maximum atomic E-state index is 10.1. The third kappa shape index (κ3) is 4.17. The van der Waals surface area contributed by atoms with Gasteiger partial charge in [0.25, 0.3) is 0 Å². The predicted octanol–water partition coefficient (Wildman–Crippen LogP) is -5.72. The van der Waals surface area contributed by atoms with Gasteiger partial charge in [0.15, 0.2) is 18.9 Å². The molecule has 3 heterocycles. The molecular formula is C15H28N2O11. The van der Waals surface area contributed by atoms with Crippen LogP contribution < -0.4 is 11.5 Å². The van der Waals surface area contributed by atoms with Crippen molar-refractivity contribution in [1.29, 1.82) is 0 Å². The molecule has 0 bridgehead atoms. The summed E-state index contributed by atoms with van der Waals surface area (Å²) in [6.45, 7) is -1.10. The third-order valence-corrected chi connectivity index (χ3v) is 5.21. The van der Waals surface area contributed by atoms with Gasteiger partial charge in [0.1, 0.15) is 42.7 Å². The third-order valence-electron chi connectivity index (χ3n) is 5.21. The van der Waals surface area contributed by atoms with Gasteiger partial charge < -0.3 is 65.8 Å². The zero-order valence-electron chi connectivity index (χ0n) is 14.9. The summed E-state index contributed by atoms with van der Waals surface area (Å²) in [5.74, 6) is 0. The molecule has 3 rings (SSSR count). The molecular weight excluding hydrogens is 384 g/mol. The second-order valence-electron chi connectivity index (χ2n) is 7.08. The van der Waals surface area contributed by atoms with Gasteiger partial charge >= 0.3 is 0 Å². The minimum atomic E-state index is -1.58. The zero-order chi connectivity index (χ0) is 20.6. The second kappa shape index (κ2) is 9.09. The number of aliphatic hydroxyl groups excluding tert-OH is 6. The molecule has 0 aromatic rings. The number of nitrogens with two attached hydrogens (primary N) is 2. The quantitative estimate of drug-likeness (QED) is 0.196. The van der Waals surface area contributed by atoms with Gasteiger partial charge in [-0.2, -0.15) is 0 Å². The van der Waals surface area contributed by atoms with Crippen LogP contribution in [-0.2, 0) is 23.7 Å². The predicted molar refractivity (Wildman–Crippen MR) is 87.2 cm³/mol. The maximum absolute atomic E-state index is 10.1. The van der Waals surface area contributed by atoms with E-state index in [0.717, 1.165) is 0 Å². The molecule has 0 aromatic heterocycles. The van der Waals surface area contributed by atoms with Crippen molar-refractivity contribution < 1.29 is 54.3 Å². The molecule has 0 aromatic carbocycles. The van der Waals surface area contributed by atoms with Crippen molar-refractivity contribution in [3.05, 3.63) is 0 Å². The second-order valence-corrected chi connectivity index (χ2v) is 7.08. The summed E-state index contributed by atoms with van der Waals surface area (Å²) in [5.41, 5.74) is 11.4. The lowest BCUT2D eigenvalue weighted by molar-refractivity contribution is -0.227. The molecule has 28 heavy (non-hydrogen) atoms. The van der Waals surface area contributed by atoms with Crippen LogP contribution in [0.5, 0.6) is 0 Å². The van der Waals surface area contributed by atoms with Crippen molar-refractivity contribution in [1.82, 2.24) is 0 Å². The van der Waals surface area contributed by atoms with Crippen LogP contribution in [0.15, 0.2) is 0 Å². The Balaban J connectivity index is 1.59. The maximum Gasteiger partial charge on any atom is 0.186 e. The monoisotopic (exact) mass is 412 g/mol. The van der Waals surface area contributed by atoms with Crippen molar-refractivity contribution in [3.63, 3.8) is 0 Å². The average molecular weight is 412 g/mol. The van der Waals surface area contributed by atoms with E-state index >= 15 is 0 Å². The van der Waals surface area contributed by atoms with Crippen LogP contribution in [0.4, 0.5) is 0 Å². The van der Waals surface area contributed by atoms with Crippen molar-refractivity contribution in [2.45, 2.75) is 73.7 Å². The van der Waals surface area contributed by atoms with Crippen molar-refractivity contribution >= 4 is 0 Å². The molecule has 3 fully saturated rings. The normalized spacial score (nSPS) is 51.9. The molecule has 0 radical (unpaired) electrons. The SMILES string of the molecule is N[C@H]1[C@H](O)[C@@H](OC[C@H]2O[C@H](O)[C@@H](O)[C@@H]2O[C@H]2O[C@H](CO)[C@@H](N)[C@@H]2O)O[C@@H]1CO. The fourth-order valence-electron chi connectivity index (χ4n) is 3.44. The Kier molecular flexibility index (Phi) is 7.20. The van der Waals surface area contributed by atoms with E-state index in [2.05, 4.69) is 0 Å². The van der Waals surface area contributed by atoms with Crippen LogP contribution in [0, 0.1) is 0 Å². The van der Waals surface area contributed by atoms with E-state index in [1.807, 2.05) is 0 Å². The topological polar surface area (TPSA) is 220 Å². The van der Waals surface area contributed by atoms with Crippen LogP contribution >= 0.6 is 0 Å². The molecule has 164 valence electrons. The van der Waals surface area contributed by atoms with Crippen LogP contribution in [-0.4, -0.2) is 124 Å². The number of aliphatic hydroxyl groups is 6. The fraction of sp³-hybridized carbons (Fsp3) is 1.00. The summed E-state index contributed by atoms with van der Waals surface area (Å²) in [5, 5.41) is 58.4. The van der Waals surface area contributed by atoms with Crippen LogP contribution in [0.1, 0.15) is 0 Å². The van der Waals surface area contributed by atoms with E-state index in [4.69, 9.17) is 40.3 Å². The molecule has 10 N–H and O–H groups in total. The number of hydrogen-bond acceptors (Lipinski definition) is 13. The molecule has 3 aliphatic heterocycles. The Morgan fingerprint density at radius 1 is 0.714 bits per heavy atom. The van der Waals surface area contributed by atoms with E-state index < -0.39 is 86.9 Å². The summed E-state index contributed by atoms with van der Waals surface area (Å²) in [7, 11) is 0. The fourth-order valence-corrected chi connectivity index (χ4v) is 3.44. The zero-order valence-corrected chi connectivity index (χ0v) is 14.9. The molecule has 3 saturated heterocycles. The van der Waals surface area contributed by atoms with Gasteiger partial charge in [-0.05, 0) is 0 Å². The van der Waals surface area contributed by atoms with Crippen molar-refractivity contribution in [2.75, 3.05) is 19.8 Å². The number of ether oxygens (including phenoxy) is 5. The van der Waals surface area contributed by atoms with Gasteiger partial charge in [-0.1, -0.05) is 0 Å². The van der Waals surface area contributed by atoms with E-state index in [-0.39, 0.29) is 6.61 Å². The van der Waals surface area contributed by atoms with E-state index in [1.54, 1.807) is 0 Å². The Hall–Kier alpha value is -0.520. The van der Waals surface area contributed by atoms with Crippen LogP contribution in [0.25, 0.3) is 0 Å². The first kappa shape index (κ1) is 22.2. The molecule has 0 amide bonds. The molecule has 3 aliphatic rings. The van der Waals surface area contributed by atoms with Gasteiger partial charge in [-0.3, -0.25) is 0 Å². The lowest BCUT2D eigenvalue weighted by Gasteiger charge is -2.26. The van der Waals surface area contributed by atoms with Gasteiger partial charge in [-0.15, -0.1) is 0 Å². The first-order chi connectivity index (χ1) is 13.3. The largest absolute Gasteiger partial charge is 0.394 e. The van der Waals surface area contributed by atoms with Crippen LogP contribution in [0.3, 0.4) is 0 Å². The van der Waals surface area contributed by atoms with Gasteiger partial charge in [-0.25, -0.2) is 0 Å². The summed E-state index contributed by atoms with van der Waals surface area (Å²) < 4.78 is 26.8. The van der Waals surface area contributed by atoms with E-state index in [0.29, 0.717) is 0 Å². The van der Waals surface area contributed by atoms with Crippen LogP contribution in [0.2, 0.25) is 0 Å². The molecule has 0 saturated carbocycles. The average Bonchev–Trinajstić information content (AvgIpc) is 3.23. The number of hydrogen-bond donors (Lipinski definition) is 8. The van der Waals surface area contributed by atoms with E-state index in [1.165, 1.54) is 0 Å². The summed E-state index contributed by atoms with van der Waals surface area (Å²) in [6, 6.07) is -1.74. The lowest BCUT2D eigenvalue weighted by Crippen LogP contribution is -2.46. The molecule has 0 aliphatic carbocycles. The Labute approximate surface area is 160 Å². The molecule has 0 spiro atoms. The van der Waals surface area contributed by atoms with Gasteiger partial charge in [0.2, 0.25) is 0 Å². The molecule has 13 nitrogen and oxygen atoms in total. The Morgan fingerprint density at radius 3 is 1.79 bits per heavy atom. The summed E-state index contributed by atoms with van der Waals surface area (Å²) in [4.78, 5) is 0. The summed E-state index contributed by atoms with van der Waals surface area (Å²) >= 11 is 0. The van der Waals surface area contributed by atoms with Crippen molar-refractivity contribution in [2.24, 2.45) is 11.5 Å². The lowest BCUT2D eigenvalue weighted by atomic mass is 10.1. The molecule has 12 atom stereocenters. The molecule has 13 heteroatoms. The first-order valence-corrected chi connectivity index (χ1v) is 8.97. The smallest absolute Gasteiger partial charge is 0.186 e. The highest BCUT2D eigenvalue weighted by Crippen LogP contribution is 2.30. The van der Waals surface area contributed by atoms with Gasteiger partial charge in [0.05, 0.1) is 31.9 Å². The molecule has 0 unspecified atom stereocenters. The Morgan fingerprint density at radius 2 is 1.25 bits per heavy atom. The highest BCUT2D eigenvalue weighted by molar-refractivity contribution is 4.94. The Bertz CT molecular complexity index is 516. The standard InChI is InChI=1S/C15H28N2O11/c16-7-4(1-18)26-14(9(7)20)24-3-6-12(11(22)13(23)25-6)28-15-10(21)8(17)5(2-19)27-15/h4-15,18-23H,1-3,16-17H2/t4-,5-,6-,7-,8-,9+,10+,11+,12-,13+,14+,15-/m1/s1. The van der Waals surface area contributed by atoms with Crippen molar-refractivity contribution in [3.8, 4) is 0 Å². The summed E-state index contributed by atoms with van der Waals surface area (Å²) in [6.07, 6.45) is -11.8. The van der Waals surface area contributed by atoms with Gasteiger partial charge in [0, 0.05) is 0 Å². The van der Waals surface area contributed by atoms with E-state index in [9.17, 15) is 25.5 Å². The minimum absolute atomic E-state index is 0.274. The minimum Gasteiger partial charge on any atom is -0.394 e. The highest BCUT2D eigenvalue weighted by atomic mass is 16.7.